The predicted octanol–water partition coefficient (Wildman–Crippen LogP) is 2.91. The number of carbonyl (C=O) groups excluding carboxylic acids is 1. The van der Waals surface area contributed by atoms with Crippen LogP contribution in [0.15, 0.2) is 17.5 Å². The van der Waals surface area contributed by atoms with Gasteiger partial charge in [0.25, 0.3) is 0 Å². The number of thiophene rings is 1. The van der Waals surface area contributed by atoms with E-state index in [9.17, 15) is 9.90 Å². The summed E-state index contributed by atoms with van der Waals surface area (Å²) in [5.41, 5.74) is 0. The lowest BCUT2D eigenvalue weighted by Crippen LogP contribution is -2.49. The van der Waals surface area contributed by atoms with Crippen molar-refractivity contribution in [2.45, 2.75) is 51.1 Å². The second kappa shape index (κ2) is 9.55. The Balaban J connectivity index is 1.45. The molecule has 2 atom stereocenters. The largest absolute Gasteiger partial charge is 0.395 e. The third-order valence-electron chi connectivity index (χ3n) is 5.60. The Morgan fingerprint density at radius 3 is 3.00 bits per heavy atom. The van der Waals surface area contributed by atoms with Gasteiger partial charge in [-0.25, -0.2) is 4.79 Å². The maximum absolute atomic E-state index is 12.5. The SMILES string of the molecule is O=C(NCC[C@@H]1CCCN2CCCC[C@H]12)N(CCO)Cc1cccs1. The monoisotopic (exact) mass is 365 g/mol. The molecular weight excluding hydrogens is 334 g/mol. The van der Waals surface area contributed by atoms with Gasteiger partial charge in [0.15, 0.2) is 0 Å². The van der Waals surface area contributed by atoms with Gasteiger partial charge < -0.3 is 20.2 Å². The lowest BCUT2D eigenvalue weighted by atomic mass is 9.82. The molecule has 140 valence electrons. The number of nitrogens with one attached hydrogen (secondary N) is 1. The molecule has 0 radical (unpaired) electrons. The van der Waals surface area contributed by atoms with Crippen molar-refractivity contribution in [3.8, 4) is 0 Å². The van der Waals surface area contributed by atoms with Crippen LogP contribution in [0.4, 0.5) is 4.79 Å². The highest BCUT2D eigenvalue weighted by Crippen LogP contribution is 2.32. The van der Waals surface area contributed by atoms with Crippen molar-refractivity contribution in [2.75, 3.05) is 32.8 Å². The van der Waals surface area contributed by atoms with Gasteiger partial charge in [-0.3, -0.25) is 0 Å². The summed E-state index contributed by atoms with van der Waals surface area (Å²) in [5, 5.41) is 14.4. The van der Waals surface area contributed by atoms with Crippen molar-refractivity contribution in [2.24, 2.45) is 5.92 Å². The van der Waals surface area contributed by atoms with Crippen LogP contribution in [-0.2, 0) is 6.54 Å². The van der Waals surface area contributed by atoms with E-state index in [1.165, 1.54) is 45.2 Å². The molecule has 0 saturated carbocycles. The summed E-state index contributed by atoms with van der Waals surface area (Å²) in [7, 11) is 0. The van der Waals surface area contributed by atoms with Gasteiger partial charge in [0.2, 0.25) is 0 Å². The number of hydrogen-bond donors (Lipinski definition) is 2. The van der Waals surface area contributed by atoms with Crippen molar-refractivity contribution in [1.29, 1.82) is 0 Å². The number of nitrogens with zero attached hydrogens (tertiary/aromatic N) is 2. The van der Waals surface area contributed by atoms with Crippen LogP contribution in [0, 0.1) is 5.92 Å². The van der Waals surface area contributed by atoms with E-state index in [0.29, 0.717) is 13.1 Å². The Morgan fingerprint density at radius 2 is 2.20 bits per heavy atom. The second-order valence-electron chi connectivity index (χ2n) is 7.25. The molecule has 0 bridgehead atoms. The molecule has 25 heavy (non-hydrogen) atoms. The molecule has 5 nitrogen and oxygen atoms in total. The van der Waals surface area contributed by atoms with Gasteiger partial charge in [0, 0.05) is 24.0 Å². The van der Waals surface area contributed by atoms with Crippen LogP contribution in [0.2, 0.25) is 0 Å². The molecular formula is C19H31N3O2S. The second-order valence-corrected chi connectivity index (χ2v) is 8.28. The number of piperidine rings is 2. The highest BCUT2D eigenvalue weighted by Gasteiger charge is 2.32. The zero-order chi connectivity index (χ0) is 17.5. The number of urea groups is 1. The zero-order valence-corrected chi connectivity index (χ0v) is 15.8. The summed E-state index contributed by atoms with van der Waals surface area (Å²) in [5.74, 6) is 0.720. The van der Waals surface area contributed by atoms with Gasteiger partial charge in [0.1, 0.15) is 0 Å². The fraction of sp³-hybridized carbons (Fsp3) is 0.737. The molecule has 3 heterocycles. The Hall–Kier alpha value is -1.11. The van der Waals surface area contributed by atoms with E-state index in [2.05, 4.69) is 10.2 Å². The molecule has 2 fully saturated rings. The summed E-state index contributed by atoms with van der Waals surface area (Å²) in [6.07, 6.45) is 7.69. The molecule has 2 saturated heterocycles. The first-order valence-electron chi connectivity index (χ1n) is 9.68. The Labute approximate surface area is 155 Å². The molecule has 2 amide bonds. The van der Waals surface area contributed by atoms with Crippen LogP contribution in [0.25, 0.3) is 0 Å². The molecule has 0 spiro atoms. The molecule has 0 unspecified atom stereocenters. The summed E-state index contributed by atoms with van der Waals surface area (Å²) >= 11 is 1.64. The molecule has 2 N–H and O–H groups in total. The molecule has 1 aromatic rings. The number of carbonyl (C=O) groups is 1. The quantitative estimate of drug-likeness (QED) is 0.781. The third-order valence-corrected chi connectivity index (χ3v) is 6.47. The predicted molar refractivity (Wildman–Crippen MR) is 102 cm³/mol. The highest BCUT2D eigenvalue weighted by molar-refractivity contribution is 7.09. The Kier molecular flexibility index (Phi) is 7.13. The zero-order valence-electron chi connectivity index (χ0n) is 15.0. The van der Waals surface area contributed by atoms with E-state index in [4.69, 9.17) is 0 Å². The van der Waals surface area contributed by atoms with Gasteiger partial charge in [-0.05, 0) is 62.6 Å². The number of hydrogen-bond acceptors (Lipinski definition) is 4. The van der Waals surface area contributed by atoms with E-state index in [0.717, 1.165) is 29.8 Å². The summed E-state index contributed by atoms with van der Waals surface area (Å²) in [4.78, 5) is 18.0. The first-order chi connectivity index (χ1) is 12.3. The van der Waals surface area contributed by atoms with Gasteiger partial charge in [0.05, 0.1) is 13.2 Å². The average molecular weight is 366 g/mol. The summed E-state index contributed by atoms with van der Waals surface area (Å²) in [6.45, 7) is 4.21. The lowest BCUT2D eigenvalue weighted by Gasteiger charge is -2.44. The summed E-state index contributed by atoms with van der Waals surface area (Å²) < 4.78 is 0. The molecule has 6 heteroatoms. The normalized spacial score (nSPS) is 23.9. The number of rotatable bonds is 7. The number of aliphatic hydroxyl groups excluding tert-OH is 1. The molecule has 0 aromatic carbocycles. The van der Waals surface area contributed by atoms with Crippen LogP contribution in [0.1, 0.15) is 43.4 Å². The minimum Gasteiger partial charge on any atom is -0.395 e. The molecule has 2 aliphatic rings. The topological polar surface area (TPSA) is 55.8 Å². The van der Waals surface area contributed by atoms with Crippen LogP contribution < -0.4 is 5.32 Å². The lowest BCUT2D eigenvalue weighted by molar-refractivity contribution is 0.0559. The Bertz CT molecular complexity index is 521. The fourth-order valence-corrected chi connectivity index (χ4v) is 5.07. The van der Waals surface area contributed by atoms with Crippen molar-refractivity contribution in [3.63, 3.8) is 0 Å². The fourth-order valence-electron chi connectivity index (χ4n) is 4.35. The first-order valence-corrected chi connectivity index (χ1v) is 10.6. The third kappa shape index (κ3) is 5.19. The molecule has 0 aliphatic carbocycles. The number of fused-ring (bicyclic) bond motifs is 1. The molecule has 3 rings (SSSR count). The highest BCUT2D eigenvalue weighted by atomic mass is 32.1. The van der Waals surface area contributed by atoms with Crippen molar-refractivity contribution in [3.05, 3.63) is 22.4 Å². The maximum atomic E-state index is 12.5. The first kappa shape index (κ1) is 18.7. The molecule has 2 aliphatic heterocycles. The van der Waals surface area contributed by atoms with Crippen molar-refractivity contribution < 1.29 is 9.90 Å². The van der Waals surface area contributed by atoms with E-state index in [1.807, 2.05) is 17.5 Å². The average Bonchev–Trinajstić information content (AvgIpc) is 3.14. The van der Waals surface area contributed by atoms with Crippen molar-refractivity contribution >= 4 is 17.4 Å². The minimum atomic E-state index is -0.0567. The van der Waals surface area contributed by atoms with Crippen LogP contribution in [-0.4, -0.2) is 59.8 Å². The molecule has 1 aromatic heterocycles. The van der Waals surface area contributed by atoms with Gasteiger partial charge in [-0.1, -0.05) is 12.5 Å². The van der Waals surface area contributed by atoms with Crippen LogP contribution in [0.5, 0.6) is 0 Å². The van der Waals surface area contributed by atoms with Gasteiger partial charge >= 0.3 is 6.03 Å². The maximum Gasteiger partial charge on any atom is 0.317 e. The number of aliphatic hydroxyl groups is 1. The van der Waals surface area contributed by atoms with Gasteiger partial charge in [-0.15, -0.1) is 11.3 Å². The minimum absolute atomic E-state index is 0.00153. The number of amides is 2. The van der Waals surface area contributed by atoms with Crippen LogP contribution >= 0.6 is 11.3 Å². The summed E-state index contributed by atoms with van der Waals surface area (Å²) in [6, 6.07) is 4.70. The van der Waals surface area contributed by atoms with Crippen molar-refractivity contribution in [1.82, 2.24) is 15.1 Å². The standard InChI is InChI=1S/C19H31N3O2S/c23-13-12-22(15-17-6-4-14-25-17)19(24)20-9-8-16-5-3-11-21-10-2-1-7-18(16)21/h4,6,14,16,18,23H,1-3,5,7-13,15H2,(H,20,24)/t16-,18+/m0/s1. The van der Waals surface area contributed by atoms with Gasteiger partial charge in [-0.2, -0.15) is 0 Å². The van der Waals surface area contributed by atoms with E-state index in [1.54, 1.807) is 16.2 Å². The van der Waals surface area contributed by atoms with E-state index >= 15 is 0 Å². The van der Waals surface area contributed by atoms with E-state index < -0.39 is 0 Å². The van der Waals surface area contributed by atoms with Crippen LogP contribution in [0.3, 0.4) is 0 Å². The van der Waals surface area contributed by atoms with E-state index in [-0.39, 0.29) is 12.6 Å². The smallest absolute Gasteiger partial charge is 0.317 e. The Morgan fingerprint density at radius 1 is 1.32 bits per heavy atom.